The molecule has 1 atom stereocenters. The molecule has 0 N–H and O–H groups in total. The Morgan fingerprint density at radius 1 is 1.23 bits per heavy atom. The number of likely N-dealkylation sites (tertiary alicyclic amines) is 2. The summed E-state index contributed by atoms with van der Waals surface area (Å²) in [5.41, 5.74) is 0.820. The summed E-state index contributed by atoms with van der Waals surface area (Å²) < 4.78 is 2.16. The maximum absolute atomic E-state index is 12.8. The van der Waals surface area contributed by atoms with Crippen molar-refractivity contribution in [2.45, 2.75) is 45.1 Å². The maximum atomic E-state index is 12.8. The van der Waals surface area contributed by atoms with Gasteiger partial charge in [-0.25, -0.2) is 0 Å². The third kappa shape index (κ3) is 3.55. The molecule has 4 rings (SSSR count). The molecule has 2 aliphatic heterocycles. The summed E-state index contributed by atoms with van der Waals surface area (Å²) in [4.78, 5) is 18.4. The molecule has 2 aromatic rings. The highest BCUT2D eigenvalue weighted by Crippen LogP contribution is 2.28. The Hall–Kier alpha value is -1.73. The molecule has 26 heavy (non-hydrogen) atoms. The van der Waals surface area contributed by atoms with E-state index >= 15 is 0 Å². The van der Waals surface area contributed by atoms with Gasteiger partial charge in [0.1, 0.15) is 11.6 Å². The van der Waals surface area contributed by atoms with E-state index in [1.54, 1.807) is 11.3 Å². The summed E-state index contributed by atoms with van der Waals surface area (Å²) in [7, 11) is 2.07. The fourth-order valence-electron chi connectivity index (χ4n) is 4.12. The first-order chi connectivity index (χ1) is 12.6. The SMILES string of the molecule is Cc1cc(C(=O)N2CCCC(c3nnc(CN4CCCC4)n3C)C2)cs1. The van der Waals surface area contributed by atoms with Crippen molar-refractivity contribution in [1.29, 1.82) is 0 Å². The first-order valence-electron chi connectivity index (χ1n) is 9.57. The topological polar surface area (TPSA) is 54.3 Å². The van der Waals surface area contributed by atoms with Crippen LogP contribution in [0.3, 0.4) is 0 Å². The third-order valence-electron chi connectivity index (χ3n) is 5.61. The molecule has 0 saturated carbocycles. The molecule has 0 spiro atoms. The van der Waals surface area contributed by atoms with Gasteiger partial charge in [-0.3, -0.25) is 9.69 Å². The summed E-state index contributed by atoms with van der Waals surface area (Å²) in [5, 5.41) is 10.9. The van der Waals surface area contributed by atoms with E-state index in [-0.39, 0.29) is 11.8 Å². The molecule has 0 aliphatic carbocycles. The van der Waals surface area contributed by atoms with Crippen LogP contribution in [0.5, 0.6) is 0 Å². The minimum Gasteiger partial charge on any atom is -0.338 e. The zero-order valence-electron chi connectivity index (χ0n) is 15.6. The highest BCUT2D eigenvalue weighted by molar-refractivity contribution is 7.10. The lowest BCUT2D eigenvalue weighted by Gasteiger charge is -2.32. The molecule has 140 valence electrons. The van der Waals surface area contributed by atoms with E-state index < -0.39 is 0 Å². The van der Waals surface area contributed by atoms with Gasteiger partial charge in [0.15, 0.2) is 0 Å². The Morgan fingerprint density at radius 3 is 2.77 bits per heavy atom. The molecule has 0 bridgehead atoms. The second kappa shape index (κ2) is 7.48. The van der Waals surface area contributed by atoms with Gasteiger partial charge in [0.25, 0.3) is 5.91 Å². The van der Waals surface area contributed by atoms with E-state index in [2.05, 4.69) is 26.7 Å². The molecule has 2 aromatic heterocycles. The Kier molecular flexibility index (Phi) is 5.09. The van der Waals surface area contributed by atoms with Gasteiger partial charge in [0.2, 0.25) is 0 Å². The number of aromatic nitrogens is 3. The first kappa shape index (κ1) is 17.7. The van der Waals surface area contributed by atoms with Crippen LogP contribution in [-0.4, -0.2) is 56.7 Å². The molecule has 4 heterocycles. The van der Waals surface area contributed by atoms with Crippen molar-refractivity contribution in [3.8, 4) is 0 Å². The second-order valence-electron chi connectivity index (χ2n) is 7.55. The molecule has 1 amide bonds. The van der Waals surface area contributed by atoms with E-state index in [4.69, 9.17) is 0 Å². The second-order valence-corrected chi connectivity index (χ2v) is 8.67. The fourth-order valence-corrected chi connectivity index (χ4v) is 4.80. The van der Waals surface area contributed by atoms with Gasteiger partial charge in [-0.1, -0.05) is 0 Å². The summed E-state index contributed by atoms with van der Waals surface area (Å²) >= 11 is 1.64. The predicted molar refractivity (Wildman–Crippen MR) is 102 cm³/mol. The van der Waals surface area contributed by atoms with Gasteiger partial charge < -0.3 is 9.47 Å². The van der Waals surface area contributed by atoms with Crippen LogP contribution in [0.1, 0.15) is 58.5 Å². The van der Waals surface area contributed by atoms with Gasteiger partial charge in [0, 0.05) is 36.3 Å². The smallest absolute Gasteiger partial charge is 0.254 e. The summed E-state index contributed by atoms with van der Waals surface area (Å²) in [6.07, 6.45) is 4.66. The van der Waals surface area contributed by atoms with Crippen LogP contribution in [0.2, 0.25) is 0 Å². The lowest BCUT2D eigenvalue weighted by atomic mass is 9.96. The zero-order chi connectivity index (χ0) is 18.1. The largest absolute Gasteiger partial charge is 0.338 e. The van der Waals surface area contributed by atoms with E-state index in [0.29, 0.717) is 0 Å². The van der Waals surface area contributed by atoms with Crippen LogP contribution in [0.25, 0.3) is 0 Å². The molecule has 0 radical (unpaired) electrons. The molecule has 1 unspecified atom stereocenters. The summed E-state index contributed by atoms with van der Waals surface area (Å²) in [6, 6.07) is 1.99. The maximum Gasteiger partial charge on any atom is 0.254 e. The van der Waals surface area contributed by atoms with Crippen molar-refractivity contribution in [3.63, 3.8) is 0 Å². The van der Waals surface area contributed by atoms with Crippen molar-refractivity contribution in [2.75, 3.05) is 26.2 Å². The normalized spacial score (nSPS) is 21.5. The number of carbonyl (C=O) groups excluding carboxylic acids is 1. The van der Waals surface area contributed by atoms with Crippen LogP contribution in [0, 0.1) is 6.92 Å². The number of aryl methyl sites for hydroxylation is 1. The minimum atomic E-state index is 0.151. The Bertz CT molecular complexity index is 777. The average Bonchev–Trinajstić information content (AvgIpc) is 3.38. The monoisotopic (exact) mass is 373 g/mol. The van der Waals surface area contributed by atoms with Crippen LogP contribution < -0.4 is 0 Å². The number of nitrogens with zero attached hydrogens (tertiary/aromatic N) is 5. The predicted octanol–water partition coefficient (Wildman–Crippen LogP) is 2.80. The van der Waals surface area contributed by atoms with E-state index in [1.165, 1.54) is 17.7 Å². The average molecular weight is 374 g/mol. The van der Waals surface area contributed by atoms with Gasteiger partial charge >= 0.3 is 0 Å². The molecule has 2 saturated heterocycles. The number of carbonyl (C=O) groups is 1. The van der Waals surface area contributed by atoms with Gasteiger partial charge in [-0.05, 0) is 51.8 Å². The zero-order valence-corrected chi connectivity index (χ0v) is 16.5. The highest BCUT2D eigenvalue weighted by Gasteiger charge is 2.29. The molecular weight excluding hydrogens is 346 g/mol. The fraction of sp³-hybridized carbons (Fsp3) is 0.632. The Labute approximate surface area is 158 Å². The Balaban J connectivity index is 1.46. The van der Waals surface area contributed by atoms with Crippen molar-refractivity contribution < 1.29 is 4.79 Å². The van der Waals surface area contributed by atoms with Crippen molar-refractivity contribution in [2.24, 2.45) is 7.05 Å². The number of thiophene rings is 1. The van der Waals surface area contributed by atoms with E-state index in [9.17, 15) is 4.79 Å². The number of rotatable bonds is 4. The van der Waals surface area contributed by atoms with Crippen molar-refractivity contribution in [3.05, 3.63) is 33.5 Å². The lowest BCUT2D eigenvalue weighted by molar-refractivity contribution is 0.0704. The highest BCUT2D eigenvalue weighted by atomic mass is 32.1. The standard InChI is InChI=1S/C19H27N5OS/c1-14-10-16(13-26-14)19(25)24-9-5-6-15(11-24)18-21-20-17(22(18)2)12-23-7-3-4-8-23/h10,13,15H,3-9,11-12H2,1-2H3. The quantitative estimate of drug-likeness (QED) is 0.827. The number of hydrogen-bond acceptors (Lipinski definition) is 5. The van der Waals surface area contributed by atoms with Crippen molar-refractivity contribution in [1.82, 2.24) is 24.6 Å². The van der Waals surface area contributed by atoms with E-state index in [1.807, 2.05) is 23.3 Å². The van der Waals surface area contributed by atoms with Crippen molar-refractivity contribution >= 4 is 17.2 Å². The molecule has 2 aliphatic rings. The summed E-state index contributed by atoms with van der Waals surface area (Å²) in [6.45, 7) is 6.82. The van der Waals surface area contributed by atoms with Gasteiger partial charge in [-0.15, -0.1) is 21.5 Å². The first-order valence-corrected chi connectivity index (χ1v) is 10.4. The van der Waals surface area contributed by atoms with E-state index in [0.717, 1.165) is 62.8 Å². The molecular formula is C19H27N5OS. The van der Waals surface area contributed by atoms with Gasteiger partial charge in [-0.2, -0.15) is 0 Å². The minimum absolute atomic E-state index is 0.151. The lowest BCUT2D eigenvalue weighted by Crippen LogP contribution is -2.39. The molecule has 0 aromatic carbocycles. The number of piperidine rings is 1. The van der Waals surface area contributed by atoms with Crippen LogP contribution in [0.4, 0.5) is 0 Å². The number of amides is 1. The van der Waals surface area contributed by atoms with Crippen LogP contribution >= 0.6 is 11.3 Å². The van der Waals surface area contributed by atoms with Crippen LogP contribution in [0.15, 0.2) is 11.4 Å². The molecule has 6 nitrogen and oxygen atoms in total. The third-order valence-corrected chi connectivity index (χ3v) is 6.48. The molecule has 2 fully saturated rings. The number of hydrogen-bond donors (Lipinski definition) is 0. The Morgan fingerprint density at radius 2 is 2.04 bits per heavy atom. The molecule has 7 heteroatoms. The summed E-state index contributed by atoms with van der Waals surface area (Å²) in [5.74, 6) is 2.49. The van der Waals surface area contributed by atoms with Gasteiger partial charge in [0.05, 0.1) is 12.1 Å². The van der Waals surface area contributed by atoms with Crippen LogP contribution in [-0.2, 0) is 13.6 Å².